The van der Waals surface area contributed by atoms with E-state index in [-0.39, 0.29) is 0 Å². The molecule has 0 aliphatic heterocycles. The van der Waals surface area contributed by atoms with Gasteiger partial charge in [0.25, 0.3) is 0 Å². The van der Waals surface area contributed by atoms with Crippen LogP contribution in [0.5, 0.6) is 0 Å². The third kappa shape index (κ3) is 3.56. The maximum Gasteiger partial charge on any atom is 0.514 e. The van der Waals surface area contributed by atoms with Gasteiger partial charge < -0.3 is 18.4 Å². The Morgan fingerprint density at radius 2 is 1.73 bits per heavy atom. The monoisotopic (exact) mass is 236 g/mol. The van der Waals surface area contributed by atoms with E-state index in [9.17, 15) is 4.79 Å². The van der Waals surface area contributed by atoms with Crippen LogP contribution in [0.3, 0.4) is 0 Å². The van der Waals surface area contributed by atoms with Gasteiger partial charge in [-0.15, -0.1) is 0 Å². The average molecular weight is 236 g/mol. The Kier molecular flexibility index (Phi) is 6.74. The standard InChI is InChI=1S/C9H20O5Si/c1-5-6-7-8(9(10)11)15(12-2,13-3)14-4/h8H,5-7H2,1-4H3,(H,10,11). The molecule has 0 aliphatic carbocycles. The van der Waals surface area contributed by atoms with Crippen molar-refractivity contribution >= 4 is 14.8 Å². The molecule has 0 aromatic rings. The van der Waals surface area contributed by atoms with Gasteiger partial charge in [0.15, 0.2) is 0 Å². The Balaban J connectivity index is 4.74. The Bertz CT molecular complexity index is 185. The summed E-state index contributed by atoms with van der Waals surface area (Å²) in [6.45, 7) is 2.01. The highest BCUT2D eigenvalue weighted by molar-refractivity contribution is 6.66. The van der Waals surface area contributed by atoms with Crippen LogP contribution in [0.25, 0.3) is 0 Å². The Labute approximate surface area is 91.7 Å². The summed E-state index contributed by atoms with van der Waals surface area (Å²) in [6.07, 6.45) is 2.28. The summed E-state index contributed by atoms with van der Waals surface area (Å²) in [5.74, 6) is -0.916. The minimum Gasteiger partial charge on any atom is -0.481 e. The first-order valence-corrected chi connectivity index (χ1v) is 6.76. The van der Waals surface area contributed by atoms with E-state index >= 15 is 0 Å². The minimum atomic E-state index is -3.05. The van der Waals surface area contributed by atoms with Crippen molar-refractivity contribution in [2.75, 3.05) is 21.3 Å². The quantitative estimate of drug-likeness (QED) is 0.647. The van der Waals surface area contributed by atoms with Crippen LogP contribution in [0, 0.1) is 0 Å². The van der Waals surface area contributed by atoms with Crippen LogP contribution in [0.1, 0.15) is 26.2 Å². The zero-order chi connectivity index (χ0) is 11.9. The third-order valence-corrected chi connectivity index (χ3v) is 5.52. The molecular formula is C9H20O5Si. The van der Waals surface area contributed by atoms with Gasteiger partial charge in [-0.25, -0.2) is 0 Å². The number of aliphatic carboxylic acids is 1. The molecule has 90 valence electrons. The summed E-state index contributed by atoms with van der Waals surface area (Å²) in [7, 11) is 1.25. The molecule has 0 rings (SSSR count). The fourth-order valence-corrected chi connectivity index (χ4v) is 3.75. The molecule has 0 radical (unpaired) electrons. The van der Waals surface area contributed by atoms with E-state index in [4.69, 9.17) is 18.4 Å². The van der Waals surface area contributed by atoms with Crippen molar-refractivity contribution in [2.45, 2.75) is 31.7 Å². The number of hydrogen-bond acceptors (Lipinski definition) is 4. The molecule has 0 saturated heterocycles. The lowest BCUT2D eigenvalue weighted by Crippen LogP contribution is -2.50. The number of hydrogen-bond donors (Lipinski definition) is 1. The van der Waals surface area contributed by atoms with Crippen molar-refractivity contribution in [1.82, 2.24) is 0 Å². The van der Waals surface area contributed by atoms with E-state index in [1.807, 2.05) is 6.92 Å². The summed E-state index contributed by atoms with van der Waals surface area (Å²) in [5.41, 5.74) is -0.683. The number of carboxylic acid groups (broad SMARTS) is 1. The lowest BCUT2D eigenvalue weighted by molar-refractivity contribution is -0.138. The lowest BCUT2D eigenvalue weighted by Gasteiger charge is -2.29. The second kappa shape index (κ2) is 6.94. The highest BCUT2D eigenvalue weighted by atomic mass is 28.4. The van der Waals surface area contributed by atoms with E-state index in [2.05, 4.69) is 0 Å². The second-order valence-corrected chi connectivity index (χ2v) is 6.38. The van der Waals surface area contributed by atoms with Crippen molar-refractivity contribution in [3.05, 3.63) is 0 Å². The maximum absolute atomic E-state index is 11.1. The first-order valence-electron chi connectivity index (χ1n) is 4.96. The predicted molar refractivity (Wildman–Crippen MR) is 57.7 cm³/mol. The second-order valence-electron chi connectivity index (χ2n) is 3.25. The van der Waals surface area contributed by atoms with Crippen LogP contribution in [-0.2, 0) is 18.1 Å². The molecule has 0 saturated carbocycles. The van der Waals surface area contributed by atoms with Crippen molar-refractivity contribution in [3.8, 4) is 0 Å². The van der Waals surface area contributed by atoms with Crippen molar-refractivity contribution in [2.24, 2.45) is 0 Å². The highest BCUT2D eigenvalue weighted by Crippen LogP contribution is 2.29. The van der Waals surface area contributed by atoms with Gasteiger partial charge in [0.05, 0.1) is 0 Å². The molecule has 5 nitrogen and oxygen atoms in total. The molecule has 0 amide bonds. The zero-order valence-corrected chi connectivity index (χ0v) is 10.8. The van der Waals surface area contributed by atoms with Crippen LogP contribution in [0.2, 0.25) is 5.54 Å². The summed E-state index contributed by atoms with van der Waals surface area (Å²) in [5, 5.41) is 9.12. The molecule has 1 N–H and O–H groups in total. The molecule has 0 aromatic heterocycles. The van der Waals surface area contributed by atoms with E-state index in [0.29, 0.717) is 6.42 Å². The largest absolute Gasteiger partial charge is 0.514 e. The van der Waals surface area contributed by atoms with Gasteiger partial charge in [0, 0.05) is 21.3 Å². The fourth-order valence-electron chi connectivity index (χ4n) is 1.54. The highest BCUT2D eigenvalue weighted by Gasteiger charge is 2.51. The van der Waals surface area contributed by atoms with Crippen LogP contribution >= 0.6 is 0 Å². The van der Waals surface area contributed by atoms with Gasteiger partial charge in [0.1, 0.15) is 5.54 Å². The van der Waals surface area contributed by atoms with Crippen molar-refractivity contribution < 1.29 is 23.2 Å². The third-order valence-electron chi connectivity index (χ3n) is 2.42. The van der Waals surface area contributed by atoms with Gasteiger partial charge in [0.2, 0.25) is 0 Å². The Morgan fingerprint density at radius 3 is 2.00 bits per heavy atom. The smallest absolute Gasteiger partial charge is 0.481 e. The van der Waals surface area contributed by atoms with Crippen LogP contribution in [0.15, 0.2) is 0 Å². The lowest BCUT2D eigenvalue weighted by atomic mass is 10.2. The topological polar surface area (TPSA) is 65.0 Å². The number of unbranched alkanes of at least 4 members (excludes halogenated alkanes) is 1. The first-order chi connectivity index (χ1) is 7.07. The summed E-state index contributed by atoms with van der Waals surface area (Å²) in [6, 6.07) is 0. The van der Waals surface area contributed by atoms with E-state index in [1.165, 1.54) is 21.3 Å². The number of carboxylic acids is 1. The molecule has 0 fully saturated rings. The first kappa shape index (κ1) is 14.6. The van der Waals surface area contributed by atoms with Gasteiger partial charge >= 0.3 is 14.8 Å². The molecule has 1 unspecified atom stereocenters. The molecular weight excluding hydrogens is 216 g/mol. The normalized spacial score (nSPS) is 13.9. The zero-order valence-electron chi connectivity index (χ0n) is 9.78. The number of carbonyl (C=O) groups is 1. The average Bonchev–Trinajstić information content (AvgIpc) is 2.24. The van der Waals surface area contributed by atoms with Crippen molar-refractivity contribution in [3.63, 3.8) is 0 Å². The van der Waals surface area contributed by atoms with Crippen molar-refractivity contribution in [1.29, 1.82) is 0 Å². The molecule has 0 heterocycles. The predicted octanol–water partition coefficient (Wildman–Crippen LogP) is 1.51. The molecule has 0 aromatic carbocycles. The van der Waals surface area contributed by atoms with Gasteiger partial charge in [-0.2, -0.15) is 0 Å². The van der Waals surface area contributed by atoms with Crippen LogP contribution in [0.4, 0.5) is 0 Å². The van der Waals surface area contributed by atoms with E-state index in [0.717, 1.165) is 12.8 Å². The molecule has 0 bridgehead atoms. The minimum absolute atomic E-state index is 0.521. The molecule has 1 atom stereocenters. The van der Waals surface area contributed by atoms with E-state index < -0.39 is 20.3 Å². The summed E-state index contributed by atoms with van der Waals surface area (Å²) >= 11 is 0. The molecule has 6 heteroatoms. The Hall–Kier alpha value is -0.433. The maximum atomic E-state index is 11.1. The van der Waals surface area contributed by atoms with Gasteiger partial charge in [-0.1, -0.05) is 19.8 Å². The van der Waals surface area contributed by atoms with Gasteiger partial charge in [-0.05, 0) is 6.42 Å². The molecule has 0 aliphatic rings. The fraction of sp³-hybridized carbons (Fsp3) is 0.889. The van der Waals surface area contributed by atoms with Gasteiger partial charge in [-0.3, -0.25) is 4.79 Å². The SMILES string of the molecule is CCCCC(C(=O)O)[Si](OC)(OC)OC. The Morgan fingerprint density at radius 1 is 1.27 bits per heavy atom. The van der Waals surface area contributed by atoms with E-state index in [1.54, 1.807) is 0 Å². The molecule has 0 spiro atoms. The molecule has 15 heavy (non-hydrogen) atoms. The summed E-state index contributed by atoms with van der Waals surface area (Å²) in [4.78, 5) is 11.1. The summed E-state index contributed by atoms with van der Waals surface area (Å²) < 4.78 is 15.5. The number of rotatable bonds is 8. The van der Waals surface area contributed by atoms with Crippen LogP contribution < -0.4 is 0 Å². The van der Waals surface area contributed by atoms with Crippen LogP contribution in [-0.4, -0.2) is 41.2 Å².